The minimum atomic E-state index is -3.91. The molecular formula is C27H37N3O4S. The van der Waals surface area contributed by atoms with Crippen molar-refractivity contribution >= 4 is 21.6 Å². The van der Waals surface area contributed by atoms with Crippen molar-refractivity contribution in [3.05, 3.63) is 53.6 Å². The van der Waals surface area contributed by atoms with Gasteiger partial charge in [0.1, 0.15) is 5.75 Å². The first-order chi connectivity index (χ1) is 16.8. The molecule has 35 heavy (non-hydrogen) atoms. The van der Waals surface area contributed by atoms with Crippen molar-refractivity contribution in [2.75, 3.05) is 44.6 Å². The van der Waals surface area contributed by atoms with Crippen molar-refractivity contribution < 1.29 is 17.9 Å². The van der Waals surface area contributed by atoms with Crippen molar-refractivity contribution in [2.45, 2.75) is 44.4 Å². The van der Waals surface area contributed by atoms with Gasteiger partial charge in [-0.15, -0.1) is 0 Å². The third kappa shape index (κ3) is 6.16. The highest BCUT2D eigenvalue weighted by Crippen LogP contribution is 2.28. The molecule has 0 saturated carbocycles. The number of nitrogens with zero attached hydrogens (tertiary/aromatic N) is 2. The molecule has 0 radical (unpaired) electrons. The zero-order valence-corrected chi connectivity index (χ0v) is 21.8. The number of carbonyl (C=O) groups excluding carboxylic acids is 1. The average Bonchev–Trinajstić information content (AvgIpc) is 2.85. The van der Waals surface area contributed by atoms with Crippen LogP contribution in [0.5, 0.6) is 5.75 Å². The molecule has 4 rings (SSSR count). The number of ether oxygens (including phenoxy) is 1. The molecule has 1 N–H and O–H groups in total. The van der Waals surface area contributed by atoms with Gasteiger partial charge in [-0.25, -0.2) is 8.42 Å². The molecular weight excluding hydrogens is 462 g/mol. The fourth-order valence-electron chi connectivity index (χ4n) is 5.14. The SMILES string of the molecule is COc1ccccc1NS(=O)(=O)c1cc(C(=O)N2CCCC(CN3CCC(C)CC3)C2)ccc1C. The van der Waals surface area contributed by atoms with Gasteiger partial charge in [0, 0.05) is 25.2 Å². The maximum atomic E-state index is 13.4. The number of carbonyl (C=O) groups is 1. The average molecular weight is 500 g/mol. The van der Waals surface area contributed by atoms with Crippen molar-refractivity contribution in [3.8, 4) is 5.75 Å². The normalized spacial score (nSPS) is 20.0. The van der Waals surface area contributed by atoms with Gasteiger partial charge in [0.05, 0.1) is 17.7 Å². The van der Waals surface area contributed by atoms with E-state index < -0.39 is 10.0 Å². The molecule has 1 atom stereocenters. The number of nitrogens with one attached hydrogen (secondary N) is 1. The van der Waals surface area contributed by atoms with Crippen molar-refractivity contribution in [1.29, 1.82) is 0 Å². The summed E-state index contributed by atoms with van der Waals surface area (Å²) in [6.45, 7) is 8.81. The van der Waals surface area contributed by atoms with E-state index in [1.54, 1.807) is 43.3 Å². The highest BCUT2D eigenvalue weighted by molar-refractivity contribution is 7.92. The van der Waals surface area contributed by atoms with Gasteiger partial charge < -0.3 is 14.5 Å². The molecule has 2 aromatic rings. The molecule has 2 heterocycles. The Kier molecular flexibility index (Phi) is 8.02. The van der Waals surface area contributed by atoms with E-state index >= 15 is 0 Å². The molecule has 2 aliphatic rings. The lowest BCUT2D eigenvalue weighted by molar-refractivity contribution is 0.0622. The molecule has 8 heteroatoms. The highest BCUT2D eigenvalue weighted by Gasteiger charge is 2.28. The number of anilines is 1. The lowest BCUT2D eigenvalue weighted by Gasteiger charge is -2.38. The number of sulfonamides is 1. The van der Waals surface area contributed by atoms with E-state index in [4.69, 9.17) is 4.74 Å². The van der Waals surface area contributed by atoms with Crippen LogP contribution in [0.25, 0.3) is 0 Å². The third-order valence-corrected chi connectivity index (χ3v) is 8.78. The van der Waals surface area contributed by atoms with E-state index in [2.05, 4.69) is 16.5 Å². The van der Waals surface area contributed by atoms with Gasteiger partial charge in [0.15, 0.2) is 0 Å². The van der Waals surface area contributed by atoms with E-state index in [1.165, 1.54) is 26.0 Å². The number of piperidine rings is 2. The molecule has 0 bridgehead atoms. The van der Waals surface area contributed by atoms with Crippen LogP contribution in [0.4, 0.5) is 5.69 Å². The van der Waals surface area contributed by atoms with Gasteiger partial charge in [-0.3, -0.25) is 9.52 Å². The van der Waals surface area contributed by atoms with Gasteiger partial charge in [0.25, 0.3) is 15.9 Å². The molecule has 0 spiro atoms. The molecule has 2 aromatic carbocycles. The zero-order valence-electron chi connectivity index (χ0n) is 21.0. The molecule has 7 nitrogen and oxygen atoms in total. The standard InChI is InChI=1S/C27H37N3O4S/c1-20-12-15-29(16-13-20)18-22-7-6-14-30(19-22)27(31)23-11-10-21(2)26(17-23)35(32,33)28-24-8-4-5-9-25(24)34-3/h4-5,8-11,17,20,22,28H,6-7,12-16,18-19H2,1-3H3. The first-order valence-corrected chi connectivity index (χ1v) is 14.0. The van der Waals surface area contributed by atoms with Crippen LogP contribution >= 0.6 is 0 Å². The van der Waals surface area contributed by atoms with Gasteiger partial charge in [-0.1, -0.05) is 25.1 Å². The summed E-state index contributed by atoms with van der Waals surface area (Å²) in [6, 6.07) is 11.8. The second-order valence-electron chi connectivity index (χ2n) is 10.0. The largest absolute Gasteiger partial charge is 0.495 e. The Labute approximate surface area is 209 Å². The molecule has 1 unspecified atom stereocenters. The van der Waals surface area contributed by atoms with Crippen LogP contribution in [0.1, 0.15) is 48.5 Å². The van der Waals surface area contributed by atoms with E-state index in [9.17, 15) is 13.2 Å². The summed E-state index contributed by atoms with van der Waals surface area (Å²) in [6.07, 6.45) is 4.61. The Hall–Kier alpha value is -2.58. The monoisotopic (exact) mass is 499 g/mol. The van der Waals surface area contributed by atoms with Gasteiger partial charge in [-0.2, -0.15) is 0 Å². The lowest BCUT2D eigenvalue weighted by atomic mass is 9.94. The van der Waals surface area contributed by atoms with Crippen molar-refractivity contribution in [2.24, 2.45) is 11.8 Å². The number of rotatable bonds is 7. The molecule has 2 fully saturated rings. The molecule has 190 valence electrons. The summed E-state index contributed by atoms with van der Waals surface area (Å²) in [5.41, 5.74) is 1.35. The summed E-state index contributed by atoms with van der Waals surface area (Å²) in [5.74, 6) is 1.60. The van der Waals surface area contributed by atoms with Crippen molar-refractivity contribution in [3.63, 3.8) is 0 Å². The summed E-state index contributed by atoms with van der Waals surface area (Å²) < 4.78 is 34.4. The van der Waals surface area contributed by atoms with Crippen LogP contribution in [0.3, 0.4) is 0 Å². The van der Waals surface area contributed by atoms with E-state index in [-0.39, 0.29) is 10.8 Å². The van der Waals surface area contributed by atoms with Gasteiger partial charge >= 0.3 is 0 Å². The molecule has 2 aliphatic heterocycles. The minimum absolute atomic E-state index is 0.101. The van der Waals surface area contributed by atoms with Gasteiger partial charge in [-0.05, 0) is 87.4 Å². The van der Waals surface area contributed by atoms with E-state index in [0.717, 1.165) is 44.9 Å². The number of methoxy groups -OCH3 is 1. The van der Waals surface area contributed by atoms with Crippen LogP contribution in [0.2, 0.25) is 0 Å². The Morgan fingerprint density at radius 1 is 1.09 bits per heavy atom. The van der Waals surface area contributed by atoms with Crippen LogP contribution in [-0.2, 0) is 10.0 Å². The third-order valence-electron chi connectivity index (χ3n) is 7.27. The summed E-state index contributed by atoms with van der Waals surface area (Å²) >= 11 is 0. The number of hydrogen-bond acceptors (Lipinski definition) is 5. The summed E-state index contributed by atoms with van der Waals surface area (Å²) in [4.78, 5) is 17.9. The molecule has 0 aliphatic carbocycles. The number of amides is 1. The molecule has 0 aromatic heterocycles. The second-order valence-corrected chi connectivity index (χ2v) is 11.7. The lowest BCUT2D eigenvalue weighted by Crippen LogP contribution is -2.45. The number of benzene rings is 2. The number of hydrogen-bond donors (Lipinski definition) is 1. The van der Waals surface area contributed by atoms with E-state index in [1.807, 2.05) is 4.90 Å². The quantitative estimate of drug-likeness (QED) is 0.611. The summed E-state index contributed by atoms with van der Waals surface area (Å²) in [7, 11) is -2.41. The first kappa shape index (κ1) is 25.5. The smallest absolute Gasteiger partial charge is 0.262 e. The Balaban J connectivity index is 1.48. The number of aryl methyl sites for hydroxylation is 1. The topological polar surface area (TPSA) is 78.9 Å². The van der Waals surface area contributed by atoms with Crippen LogP contribution in [-0.4, -0.2) is 64.0 Å². The Morgan fingerprint density at radius 3 is 2.57 bits per heavy atom. The van der Waals surface area contributed by atoms with Crippen LogP contribution in [0, 0.1) is 18.8 Å². The van der Waals surface area contributed by atoms with Crippen LogP contribution in [0.15, 0.2) is 47.4 Å². The second kappa shape index (κ2) is 11.0. The predicted molar refractivity (Wildman–Crippen MR) is 138 cm³/mol. The molecule has 1 amide bonds. The predicted octanol–water partition coefficient (Wildman–Crippen LogP) is 4.39. The number of likely N-dealkylation sites (tertiary alicyclic amines) is 2. The Bertz CT molecular complexity index is 1140. The van der Waals surface area contributed by atoms with E-state index in [0.29, 0.717) is 35.0 Å². The first-order valence-electron chi connectivity index (χ1n) is 12.5. The number of para-hydroxylation sites is 2. The zero-order chi connectivity index (χ0) is 25.0. The van der Waals surface area contributed by atoms with Crippen molar-refractivity contribution in [1.82, 2.24) is 9.80 Å². The maximum absolute atomic E-state index is 13.4. The Morgan fingerprint density at radius 2 is 1.83 bits per heavy atom. The van der Waals surface area contributed by atoms with Gasteiger partial charge in [0.2, 0.25) is 0 Å². The highest BCUT2D eigenvalue weighted by atomic mass is 32.2. The molecule has 2 saturated heterocycles. The minimum Gasteiger partial charge on any atom is -0.495 e. The fourth-order valence-corrected chi connectivity index (χ4v) is 6.48. The van der Waals surface area contributed by atoms with Crippen LogP contribution < -0.4 is 9.46 Å². The summed E-state index contributed by atoms with van der Waals surface area (Å²) in [5, 5.41) is 0. The fraction of sp³-hybridized carbons (Fsp3) is 0.519. The maximum Gasteiger partial charge on any atom is 0.262 e.